The van der Waals surface area contributed by atoms with Crippen LogP contribution in [0.2, 0.25) is 0 Å². The van der Waals surface area contributed by atoms with Crippen LogP contribution in [0.25, 0.3) is 10.9 Å². The third kappa shape index (κ3) is 3.06. The summed E-state index contributed by atoms with van der Waals surface area (Å²) in [6, 6.07) is 4.78. The van der Waals surface area contributed by atoms with Crippen LogP contribution >= 0.6 is 0 Å². The molecule has 0 saturated carbocycles. The zero-order valence-electron chi connectivity index (χ0n) is 10.9. The van der Waals surface area contributed by atoms with Crippen molar-refractivity contribution in [2.75, 3.05) is 24.9 Å². The molecular weight excluding hydrogens is 265 g/mol. The van der Waals surface area contributed by atoms with Crippen molar-refractivity contribution in [1.29, 1.82) is 5.26 Å². The molecule has 6 heteroatoms. The molecule has 0 aliphatic heterocycles. The number of nitriles is 1. The van der Waals surface area contributed by atoms with E-state index in [9.17, 15) is 4.39 Å². The normalized spacial score (nSPS) is 11.1. The predicted octanol–water partition coefficient (Wildman–Crippen LogP) is 1.90. The van der Waals surface area contributed by atoms with Gasteiger partial charge in [0, 0.05) is 5.39 Å². The number of aromatic nitrogens is 2. The summed E-state index contributed by atoms with van der Waals surface area (Å²) in [5.41, 5.74) is 0.513. The molecule has 0 atom stereocenters. The minimum Gasteiger partial charge on any atom is -0.354 e. The van der Waals surface area contributed by atoms with Gasteiger partial charge in [0.05, 0.1) is 30.8 Å². The van der Waals surface area contributed by atoms with Gasteiger partial charge in [0.2, 0.25) is 0 Å². The van der Waals surface area contributed by atoms with Gasteiger partial charge in [-0.15, -0.1) is 0 Å². The Morgan fingerprint density at radius 3 is 2.95 bits per heavy atom. The van der Waals surface area contributed by atoms with Gasteiger partial charge in [0.15, 0.2) is 0 Å². The van der Waals surface area contributed by atoms with Gasteiger partial charge in [0.1, 0.15) is 29.9 Å². The number of fused-ring (bicyclic) bond motifs is 1. The third-order valence-corrected chi connectivity index (χ3v) is 3.70. The molecule has 0 radical (unpaired) electrons. The van der Waals surface area contributed by atoms with Gasteiger partial charge >= 0.3 is 0 Å². The Bertz CT molecular complexity index is 618. The maximum absolute atomic E-state index is 13.6. The molecule has 1 heterocycles. The highest BCUT2D eigenvalue weighted by atomic mass is 32.2. The predicted molar refractivity (Wildman–Crippen MR) is 74.4 cm³/mol. The zero-order chi connectivity index (χ0) is 13.8. The van der Waals surface area contributed by atoms with Crippen molar-refractivity contribution in [3.05, 3.63) is 29.7 Å². The SMILES string of the molecule is C[S+](C)CCOCn1ncc2ccc(F)c(C#N)c21. The summed E-state index contributed by atoms with van der Waals surface area (Å²) >= 11 is 0. The summed E-state index contributed by atoms with van der Waals surface area (Å²) < 4.78 is 20.6. The van der Waals surface area contributed by atoms with Crippen molar-refractivity contribution in [1.82, 2.24) is 9.78 Å². The average Bonchev–Trinajstić information content (AvgIpc) is 2.78. The van der Waals surface area contributed by atoms with Gasteiger partial charge in [-0.1, -0.05) is 0 Å². The standard InChI is InChI=1S/C13H15FN3OS/c1-19(2)6-5-18-9-17-13-10(8-16-17)3-4-12(14)11(13)7-15/h3-4,8H,5-6,9H2,1-2H3/q+1. The van der Waals surface area contributed by atoms with Crippen molar-refractivity contribution >= 4 is 21.8 Å². The van der Waals surface area contributed by atoms with Crippen molar-refractivity contribution < 1.29 is 9.13 Å². The Balaban J connectivity index is 2.20. The Labute approximate surface area is 114 Å². The highest BCUT2D eigenvalue weighted by Gasteiger charge is 2.12. The van der Waals surface area contributed by atoms with E-state index >= 15 is 0 Å². The number of rotatable bonds is 5. The summed E-state index contributed by atoms with van der Waals surface area (Å²) in [6.45, 7) is 0.869. The molecule has 0 fully saturated rings. The first-order valence-corrected chi connectivity index (χ1v) is 8.00. The number of halogens is 1. The van der Waals surface area contributed by atoms with Crippen molar-refractivity contribution in [3.8, 4) is 6.07 Å². The molecule has 19 heavy (non-hydrogen) atoms. The molecule has 100 valence electrons. The maximum atomic E-state index is 13.6. The van der Waals surface area contributed by atoms with E-state index in [1.165, 1.54) is 10.7 Å². The molecule has 0 amide bonds. The van der Waals surface area contributed by atoms with Gasteiger partial charge in [-0.25, -0.2) is 9.07 Å². The molecule has 2 rings (SSSR count). The van der Waals surface area contributed by atoms with E-state index in [0.29, 0.717) is 23.0 Å². The Morgan fingerprint density at radius 1 is 1.47 bits per heavy atom. The molecule has 0 unspecified atom stereocenters. The quantitative estimate of drug-likeness (QED) is 0.621. The maximum Gasteiger partial charge on any atom is 0.143 e. The van der Waals surface area contributed by atoms with Crippen LogP contribution < -0.4 is 0 Å². The Hall–Kier alpha value is -1.58. The first kappa shape index (κ1) is 13.8. The molecule has 0 aliphatic carbocycles. The van der Waals surface area contributed by atoms with Crippen LogP contribution in [0.4, 0.5) is 4.39 Å². The zero-order valence-corrected chi connectivity index (χ0v) is 11.7. The molecular formula is C13H15FN3OS+. The highest BCUT2D eigenvalue weighted by molar-refractivity contribution is 7.95. The molecule has 0 saturated heterocycles. The van der Waals surface area contributed by atoms with Crippen LogP contribution in [0, 0.1) is 17.1 Å². The number of benzene rings is 1. The summed E-state index contributed by atoms with van der Waals surface area (Å²) in [4.78, 5) is 0. The number of nitrogens with zero attached hydrogens (tertiary/aromatic N) is 3. The molecule has 0 N–H and O–H groups in total. The smallest absolute Gasteiger partial charge is 0.143 e. The van der Waals surface area contributed by atoms with Gasteiger partial charge in [-0.05, 0) is 23.0 Å². The lowest BCUT2D eigenvalue weighted by Gasteiger charge is -2.06. The Kier molecular flexibility index (Phi) is 4.40. The van der Waals surface area contributed by atoms with E-state index in [1.54, 1.807) is 12.3 Å². The van der Waals surface area contributed by atoms with E-state index in [-0.39, 0.29) is 12.3 Å². The highest BCUT2D eigenvalue weighted by Crippen LogP contribution is 2.20. The van der Waals surface area contributed by atoms with Gasteiger partial charge < -0.3 is 4.74 Å². The monoisotopic (exact) mass is 280 g/mol. The van der Waals surface area contributed by atoms with E-state index in [1.807, 2.05) is 6.07 Å². The van der Waals surface area contributed by atoms with E-state index in [4.69, 9.17) is 10.00 Å². The van der Waals surface area contributed by atoms with Crippen LogP contribution in [-0.4, -0.2) is 34.7 Å². The van der Waals surface area contributed by atoms with E-state index in [2.05, 4.69) is 17.6 Å². The van der Waals surface area contributed by atoms with Crippen LogP contribution in [-0.2, 0) is 22.4 Å². The first-order valence-electron chi connectivity index (χ1n) is 5.79. The van der Waals surface area contributed by atoms with Gasteiger partial charge in [-0.3, -0.25) is 0 Å². The molecule has 0 aliphatic rings. The molecule has 0 bridgehead atoms. The third-order valence-electron chi connectivity index (χ3n) is 2.71. The molecule has 2 aromatic rings. The van der Waals surface area contributed by atoms with Crippen LogP contribution in [0.5, 0.6) is 0 Å². The second kappa shape index (κ2) is 6.04. The van der Waals surface area contributed by atoms with Gasteiger partial charge in [0.25, 0.3) is 0 Å². The molecule has 0 spiro atoms. The average molecular weight is 280 g/mol. The van der Waals surface area contributed by atoms with Crippen LogP contribution in [0.3, 0.4) is 0 Å². The van der Waals surface area contributed by atoms with Crippen molar-refractivity contribution in [3.63, 3.8) is 0 Å². The largest absolute Gasteiger partial charge is 0.354 e. The lowest BCUT2D eigenvalue weighted by molar-refractivity contribution is 0.0841. The summed E-state index contributed by atoms with van der Waals surface area (Å²) in [5.74, 6) is 0.457. The minimum atomic E-state index is -0.527. The topological polar surface area (TPSA) is 50.8 Å². The Morgan fingerprint density at radius 2 is 2.26 bits per heavy atom. The lowest BCUT2D eigenvalue weighted by atomic mass is 10.1. The number of hydrogen-bond donors (Lipinski definition) is 0. The number of ether oxygens (including phenoxy) is 1. The second-order valence-electron chi connectivity index (χ2n) is 4.34. The summed E-state index contributed by atoms with van der Waals surface area (Å²) in [6.07, 6.45) is 5.91. The molecule has 1 aromatic heterocycles. The summed E-state index contributed by atoms with van der Waals surface area (Å²) in [5, 5.41) is 13.9. The molecule has 4 nitrogen and oxygen atoms in total. The minimum absolute atomic E-state index is 0.0179. The fourth-order valence-electron chi connectivity index (χ4n) is 1.74. The van der Waals surface area contributed by atoms with E-state index < -0.39 is 5.82 Å². The van der Waals surface area contributed by atoms with Crippen LogP contribution in [0.1, 0.15) is 5.56 Å². The first-order chi connectivity index (χ1) is 9.13. The van der Waals surface area contributed by atoms with Crippen molar-refractivity contribution in [2.24, 2.45) is 0 Å². The summed E-state index contributed by atoms with van der Waals surface area (Å²) in [7, 11) is 0.332. The second-order valence-corrected chi connectivity index (χ2v) is 6.72. The van der Waals surface area contributed by atoms with Crippen LogP contribution in [0.15, 0.2) is 18.3 Å². The van der Waals surface area contributed by atoms with Gasteiger partial charge in [-0.2, -0.15) is 10.4 Å². The molecule has 1 aromatic carbocycles. The van der Waals surface area contributed by atoms with E-state index in [0.717, 1.165) is 11.1 Å². The lowest BCUT2D eigenvalue weighted by Crippen LogP contribution is -2.12. The van der Waals surface area contributed by atoms with Crippen molar-refractivity contribution in [2.45, 2.75) is 6.73 Å². The number of hydrogen-bond acceptors (Lipinski definition) is 3. The fourth-order valence-corrected chi connectivity index (χ4v) is 2.19. The fraction of sp³-hybridized carbons (Fsp3) is 0.385.